The van der Waals surface area contributed by atoms with Gasteiger partial charge in [0, 0.05) is 31.1 Å². The highest BCUT2D eigenvalue weighted by atomic mass is 35.5. The number of hydrogen-bond donors (Lipinski definition) is 2. The molecule has 1 saturated carbocycles. The summed E-state index contributed by atoms with van der Waals surface area (Å²) < 4.78 is 0. The topological polar surface area (TPSA) is 58.4 Å². The average Bonchev–Trinajstić information content (AvgIpc) is 3.29. The molecule has 2 rings (SSSR count). The fraction of sp³-hybridized carbons (Fsp3) is 0.562. The zero-order valence-corrected chi connectivity index (χ0v) is 14.8. The van der Waals surface area contributed by atoms with Gasteiger partial charge in [-0.25, -0.2) is 0 Å². The average molecular weight is 348 g/mol. The first-order chi connectivity index (χ1) is 9.58. The van der Waals surface area contributed by atoms with E-state index in [4.69, 9.17) is 5.73 Å². The fourth-order valence-electron chi connectivity index (χ4n) is 2.34. The molecule has 1 aromatic carbocycles. The minimum absolute atomic E-state index is 0. The molecule has 0 heterocycles. The van der Waals surface area contributed by atoms with Crippen LogP contribution in [0.15, 0.2) is 30.3 Å². The molecule has 0 aromatic heterocycles. The lowest BCUT2D eigenvalue weighted by Gasteiger charge is -2.24. The molecule has 1 amide bonds. The number of likely N-dealkylation sites (N-methyl/N-ethyl adjacent to an activating group) is 1. The molecule has 1 aliphatic rings. The minimum Gasteiger partial charge on any atom is -0.354 e. The molecule has 6 heteroatoms. The molecule has 0 saturated heterocycles. The van der Waals surface area contributed by atoms with E-state index in [-0.39, 0.29) is 36.8 Å². The van der Waals surface area contributed by atoms with Crippen LogP contribution in [0.4, 0.5) is 0 Å². The normalized spacial score (nSPS) is 16.2. The SMILES string of the molecule is CC(CNC(=O)CC(N)c1ccccc1)N(C)C1CC1.Cl.Cl. The van der Waals surface area contributed by atoms with Gasteiger partial charge in [0.1, 0.15) is 0 Å². The maximum absolute atomic E-state index is 11.9. The molecule has 1 aromatic rings. The van der Waals surface area contributed by atoms with Crippen molar-refractivity contribution in [1.29, 1.82) is 0 Å². The van der Waals surface area contributed by atoms with Gasteiger partial charge in [0.2, 0.25) is 5.91 Å². The van der Waals surface area contributed by atoms with E-state index < -0.39 is 0 Å². The third kappa shape index (κ3) is 6.53. The standard InChI is InChI=1S/C16H25N3O.2ClH/c1-12(19(2)14-8-9-14)11-18-16(20)10-15(17)13-6-4-3-5-7-13;;/h3-7,12,14-15H,8-11,17H2,1-2H3,(H,18,20);2*1H. The molecule has 0 spiro atoms. The van der Waals surface area contributed by atoms with E-state index in [1.165, 1.54) is 12.8 Å². The van der Waals surface area contributed by atoms with E-state index in [0.29, 0.717) is 25.0 Å². The molecule has 1 aliphatic carbocycles. The number of amides is 1. The number of nitrogens with one attached hydrogen (secondary N) is 1. The fourth-order valence-corrected chi connectivity index (χ4v) is 2.34. The van der Waals surface area contributed by atoms with E-state index in [2.05, 4.69) is 24.2 Å². The van der Waals surface area contributed by atoms with Crippen molar-refractivity contribution in [1.82, 2.24) is 10.2 Å². The largest absolute Gasteiger partial charge is 0.354 e. The molecule has 126 valence electrons. The maximum atomic E-state index is 11.9. The molecular weight excluding hydrogens is 321 g/mol. The van der Waals surface area contributed by atoms with Gasteiger partial charge < -0.3 is 11.1 Å². The van der Waals surface area contributed by atoms with Crippen molar-refractivity contribution in [3.63, 3.8) is 0 Å². The molecule has 1 fully saturated rings. The predicted molar refractivity (Wildman–Crippen MR) is 95.7 cm³/mol. The second-order valence-electron chi connectivity index (χ2n) is 5.77. The molecule has 0 bridgehead atoms. The lowest BCUT2D eigenvalue weighted by atomic mass is 10.0. The van der Waals surface area contributed by atoms with Gasteiger partial charge in [-0.3, -0.25) is 9.69 Å². The number of carbonyl (C=O) groups is 1. The Kier molecular flexibility index (Phi) is 9.69. The van der Waals surface area contributed by atoms with Gasteiger partial charge in [0.05, 0.1) is 0 Å². The first-order valence-corrected chi connectivity index (χ1v) is 7.37. The van der Waals surface area contributed by atoms with Crippen molar-refractivity contribution in [2.24, 2.45) is 5.73 Å². The lowest BCUT2D eigenvalue weighted by molar-refractivity contribution is -0.121. The van der Waals surface area contributed by atoms with Crippen LogP contribution in [-0.4, -0.2) is 36.5 Å². The van der Waals surface area contributed by atoms with Crippen molar-refractivity contribution in [3.8, 4) is 0 Å². The van der Waals surface area contributed by atoms with Crippen molar-refractivity contribution in [3.05, 3.63) is 35.9 Å². The summed E-state index contributed by atoms with van der Waals surface area (Å²) in [5.74, 6) is 0.0254. The summed E-state index contributed by atoms with van der Waals surface area (Å²) in [6.07, 6.45) is 2.91. The quantitative estimate of drug-likeness (QED) is 0.796. The van der Waals surface area contributed by atoms with Crippen molar-refractivity contribution in [2.75, 3.05) is 13.6 Å². The molecule has 22 heavy (non-hydrogen) atoms. The highest BCUT2D eigenvalue weighted by molar-refractivity contribution is 5.85. The molecule has 2 atom stereocenters. The number of nitrogens with two attached hydrogens (primary N) is 1. The van der Waals surface area contributed by atoms with Gasteiger partial charge in [-0.2, -0.15) is 0 Å². The summed E-state index contributed by atoms with van der Waals surface area (Å²) in [6.45, 7) is 2.84. The van der Waals surface area contributed by atoms with Crippen LogP contribution in [-0.2, 0) is 4.79 Å². The van der Waals surface area contributed by atoms with E-state index in [9.17, 15) is 4.79 Å². The summed E-state index contributed by atoms with van der Waals surface area (Å²) in [5, 5.41) is 2.99. The van der Waals surface area contributed by atoms with E-state index in [1.807, 2.05) is 30.3 Å². The van der Waals surface area contributed by atoms with Crippen LogP contribution in [0.1, 0.15) is 37.8 Å². The van der Waals surface area contributed by atoms with Gasteiger partial charge in [0.15, 0.2) is 0 Å². The Morgan fingerprint density at radius 1 is 1.32 bits per heavy atom. The molecule has 3 N–H and O–H groups in total. The Labute approximate surface area is 145 Å². The number of rotatable bonds is 7. The minimum atomic E-state index is -0.229. The summed E-state index contributed by atoms with van der Waals surface area (Å²) in [4.78, 5) is 14.3. The van der Waals surface area contributed by atoms with Gasteiger partial charge in [0.25, 0.3) is 0 Å². The first kappa shape index (κ1) is 21.2. The Morgan fingerprint density at radius 3 is 2.45 bits per heavy atom. The summed E-state index contributed by atoms with van der Waals surface area (Å²) in [5.41, 5.74) is 7.05. The second-order valence-corrected chi connectivity index (χ2v) is 5.77. The number of halogens is 2. The van der Waals surface area contributed by atoms with Crippen LogP contribution in [0.2, 0.25) is 0 Å². The van der Waals surface area contributed by atoms with Crippen LogP contribution in [0.25, 0.3) is 0 Å². The third-order valence-electron chi connectivity index (χ3n) is 4.05. The highest BCUT2D eigenvalue weighted by Crippen LogP contribution is 2.26. The number of hydrogen-bond acceptors (Lipinski definition) is 3. The van der Waals surface area contributed by atoms with Gasteiger partial charge in [-0.05, 0) is 32.4 Å². The summed E-state index contributed by atoms with van der Waals surface area (Å²) in [7, 11) is 2.13. The Hall–Kier alpha value is -0.810. The van der Waals surface area contributed by atoms with Gasteiger partial charge >= 0.3 is 0 Å². The first-order valence-electron chi connectivity index (χ1n) is 7.37. The molecule has 0 radical (unpaired) electrons. The van der Waals surface area contributed by atoms with Crippen molar-refractivity contribution in [2.45, 2.75) is 44.3 Å². The van der Waals surface area contributed by atoms with Crippen LogP contribution in [0, 0.1) is 0 Å². The molecular formula is C16H27Cl2N3O. The van der Waals surface area contributed by atoms with Crippen LogP contribution >= 0.6 is 24.8 Å². The Bertz CT molecular complexity index is 440. The Balaban J connectivity index is 0.00000220. The van der Waals surface area contributed by atoms with Crippen molar-refractivity contribution >= 4 is 30.7 Å². The molecule has 0 aliphatic heterocycles. The number of nitrogens with zero attached hydrogens (tertiary/aromatic N) is 1. The second kappa shape index (κ2) is 10.1. The Morgan fingerprint density at radius 2 is 1.91 bits per heavy atom. The van der Waals surface area contributed by atoms with Gasteiger partial charge in [-0.15, -0.1) is 24.8 Å². The van der Waals surface area contributed by atoms with E-state index >= 15 is 0 Å². The van der Waals surface area contributed by atoms with Crippen LogP contribution in [0.5, 0.6) is 0 Å². The van der Waals surface area contributed by atoms with Crippen LogP contribution in [0.3, 0.4) is 0 Å². The summed E-state index contributed by atoms with van der Waals surface area (Å²) >= 11 is 0. The smallest absolute Gasteiger partial charge is 0.221 e. The lowest BCUT2D eigenvalue weighted by Crippen LogP contribution is -2.41. The third-order valence-corrected chi connectivity index (χ3v) is 4.05. The van der Waals surface area contributed by atoms with Crippen LogP contribution < -0.4 is 11.1 Å². The number of benzene rings is 1. The highest BCUT2D eigenvalue weighted by Gasteiger charge is 2.29. The van der Waals surface area contributed by atoms with E-state index in [0.717, 1.165) is 5.56 Å². The zero-order valence-electron chi connectivity index (χ0n) is 13.2. The molecule has 2 unspecified atom stereocenters. The monoisotopic (exact) mass is 347 g/mol. The van der Waals surface area contributed by atoms with Crippen molar-refractivity contribution < 1.29 is 4.79 Å². The van der Waals surface area contributed by atoms with Gasteiger partial charge in [-0.1, -0.05) is 30.3 Å². The number of carbonyl (C=O) groups excluding carboxylic acids is 1. The zero-order chi connectivity index (χ0) is 14.5. The van der Waals surface area contributed by atoms with E-state index in [1.54, 1.807) is 0 Å². The maximum Gasteiger partial charge on any atom is 0.221 e. The summed E-state index contributed by atoms with van der Waals surface area (Å²) in [6, 6.07) is 10.6. The predicted octanol–water partition coefficient (Wildman–Crippen LogP) is 2.52. The molecule has 4 nitrogen and oxygen atoms in total.